The molecule has 9 nitrogen and oxygen atoms in total. The van der Waals surface area contributed by atoms with Gasteiger partial charge in [-0.05, 0) is 30.7 Å². The van der Waals surface area contributed by atoms with Crippen molar-refractivity contribution < 1.29 is 22.3 Å². The van der Waals surface area contributed by atoms with Crippen LogP contribution in [0, 0.1) is 12.7 Å². The molecule has 1 fully saturated rings. The Hall–Kier alpha value is -2.37. The first-order valence-electron chi connectivity index (χ1n) is 8.26. The monoisotopic (exact) mass is 397 g/mol. The molecule has 0 unspecified atom stereocenters. The highest BCUT2D eigenvalue weighted by atomic mass is 32.2. The average Bonchev–Trinajstić information content (AvgIpc) is 2.66. The van der Waals surface area contributed by atoms with Crippen molar-refractivity contribution in [2.75, 3.05) is 38.3 Å². The number of morpholine rings is 1. The summed E-state index contributed by atoms with van der Waals surface area (Å²) < 4.78 is 51.1. The van der Waals surface area contributed by atoms with Crippen LogP contribution >= 0.6 is 0 Å². The molecule has 1 N–H and O–H groups in total. The molecule has 1 saturated heterocycles. The lowest BCUT2D eigenvalue weighted by atomic mass is 10.2. The number of nitrogens with one attached hydrogen (secondary N) is 1. The minimum atomic E-state index is -3.85. The lowest BCUT2D eigenvalue weighted by Crippen LogP contribution is -2.37. The Morgan fingerprint density at radius 2 is 2.00 bits per heavy atom. The van der Waals surface area contributed by atoms with E-state index in [0.717, 1.165) is 12.1 Å². The molecule has 0 radical (unpaired) electrons. The Morgan fingerprint density at radius 3 is 2.67 bits per heavy atom. The Kier molecular flexibility index (Phi) is 5.82. The van der Waals surface area contributed by atoms with Gasteiger partial charge in [0.1, 0.15) is 5.82 Å². The number of halogens is 1. The number of benzene rings is 1. The molecular formula is C16H20FN5O4S. The summed E-state index contributed by atoms with van der Waals surface area (Å²) in [6.07, 6.45) is 0. The van der Waals surface area contributed by atoms with Crippen LogP contribution in [0.25, 0.3) is 0 Å². The SMILES string of the molecule is COc1nc(CNS(=O)(=O)c2ccc(F)cc2C)nc(N2CCOCC2)n1. The van der Waals surface area contributed by atoms with Gasteiger partial charge in [0.2, 0.25) is 16.0 Å². The number of hydrogen-bond donors (Lipinski definition) is 1. The molecule has 2 aromatic rings. The van der Waals surface area contributed by atoms with Crippen molar-refractivity contribution in [3.8, 4) is 6.01 Å². The highest BCUT2D eigenvalue weighted by Crippen LogP contribution is 2.17. The van der Waals surface area contributed by atoms with E-state index in [0.29, 0.717) is 37.8 Å². The van der Waals surface area contributed by atoms with Gasteiger partial charge in [-0.15, -0.1) is 0 Å². The van der Waals surface area contributed by atoms with Gasteiger partial charge in [0, 0.05) is 13.1 Å². The summed E-state index contributed by atoms with van der Waals surface area (Å²) in [6.45, 7) is 3.72. The molecule has 1 aliphatic rings. The van der Waals surface area contributed by atoms with Gasteiger partial charge >= 0.3 is 6.01 Å². The quantitative estimate of drug-likeness (QED) is 0.757. The zero-order valence-corrected chi connectivity index (χ0v) is 15.8. The van der Waals surface area contributed by atoms with Crippen LogP contribution in [0.4, 0.5) is 10.3 Å². The minimum absolute atomic E-state index is 0.00155. The third-order valence-corrected chi connectivity index (χ3v) is 5.53. The van der Waals surface area contributed by atoms with E-state index in [4.69, 9.17) is 9.47 Å². The van der Waals surface area contributed by atoms with Crippen LogP contribution in [0.2, 0.25) is 0 Å². The third kappa shape index (κ3) is 4.67. The van der Waals surface area contributed by atoms with Crippen molar-refractivity contribution in [2.45, 2.75) is 18.4 Å². The molecule has 0 amide bonds. The standard InChI is InChI=1S/C16H20FN5O4S/c1-11-9-12(17)3-4-13(11)27(23,24)18-10-14-19-15(21-16(20-14)25-2)22-5-7-26-8-6-22/h3-4,9,18H,5-8,10H2,1-2H3. The van der Waals surface area contributed by atoms with Gasteiger partial charge in [0.05, 0.1) is 31.8 Å². The number of methoxy groups -OCH3 is 1. The molecule has 1 aromatic carbocycles. The summed E-state index contributed by atoms with van der Waals surface area (Å²) in [5, 5.41) is 0. The fourth-order valence-electron chi connectivity index (χ4n) is 2.61. The fraction of sp³-hybridized carbons (Fsp3) is 0.438. The number of sulfonamides is 1. The van der Waals surface area contributed by atoms with E-state index in [1.54, 1.807) is 0 Å². The van der Waals surface area contributed by atoms with Gasteiger partial charge in [0.15, 0.2) is 5.82 Å². The molecule has 146 valence electrons. The second kappa shape index (κ2) is 8.11. The number of nitrogens with zero attached hydrogens (tertiary/aromatic N) is 4. The Labute approximate surface area is 156 Å². The van der Waals surface area contributed by atoms with Gasteiger partial charge < -0.3 is 14.4 Å². The maximum absolute atomic E-state index is 13.2. The first-order chi connectivity index (χ1) is 12.9. The van der Waals surface area contributed by atoms with E-state index in [-0.39, 0.29) is 23.3 Å². The van der Waals surface area contributed by atoms with Gasteiger partial charge in [-0.25, -0.2) is 17.5 Å². The van der Waals surface area contributed by atoms with Crippen molar-refractivity contribution in [3.05, 3.63) is 35.4 Å². The van der Waals surface area contributed by atoms with Crippen LogP contribution in [0.1, 0.15) is 11.4 Å². The summed E-state index contributed by atoms with van der Waals surface area (Å²) in [7, 11) is -2.43. The predicted octanol–water partition coefficient (Wildman–Crippen LogP) is 0.643. The number of rotatable bonds is 6. The van der Waals surface area contributed by atoms with Crippen LogP contribution in [-0.4, -0.2) is 56.8 Å². The number of aromatic nitrogens is 3. The molecule has 27 heavy (non-hydrogen) atoms. The maximum atomic E-state index is 13.2. The van der Waals surface area contributed by atoms with Crippen LogP contribution in [0.5, 0.6) is 6.01 Å². The van der Waals surface area contributed by atoms with E-state index in [2.05, 4.69) is 19.7 Å². The molecule has 0 atom stereocenters. The minimum Gasteiger partial charge on any atom is -0.467 e. The van der Waals surface area contributed by atoms with Crippen LogP contribution < -0.4 is 14.4 Å². The maximum Gasteiger partial charge on any atom is 0.321 e. The van der Waals surface area contributed by atoms with E-state index in [9.17, 15) is 12.8 Å². The summed E-state index contributed by atoms with van der Waals surface area (Å²) in [4.78, 5) is 14.5. The van der Waals surface area contributed by atoms with Crippen molar-refractivity contribution in [2.24, 2.45) is 0 Å². The lowest BCUT2D eigenvalue weighted by Gasteiger charge is -2.26. The first kappa shape index (κ1) is 19.4. The number of aryl methyl sites for hydroxylation is 1. The Bertz CT molecular complexity index is 919. The number of anilines is 1. The largest absolute Gasteiger partial charge is 0.467 e. The van der Waals surface area contributed by atoms with Crippen molar-refractivity contribution in [1.82, 2.24) is 19.7 Å². The smallest absolute Gasteiger partial charge is 0.321 e. The van der Waals surface area contributed by atoms with Gasteiger partial charge in [-0.2, -0.15) is 15.0 Å². The molecular weight excluding hydrogens is 377 g/mol. The molecule has 1 aromatic heterocycles. The molecule has 0 bridgehead atoms. The second-order valence-corrected chi connectivity index (χ2v) is 7.61. The first-order valence-corrected chi connectivity index (χ1v) is 9.75. The topological polar surface area (TPSA) is 107 Å². The molecule has 0 spiro atoms. The summed E-state index contributed by atoms with van der Waals surface area (Å²) in [5.74, 6) is 0.118. The zero-order valence-electron chi connectivity index (χ0n) is 15.0. The molecule has 2 heterocycles. The van der Waals surface area contributed by atoms with Gasteiger partial charge in [0.25, 0.3) is 0 Å². The summed E-state index contributed by atoms with van der Waals surface area (Å²) >= 11 is 0. The number of ether oxygens (including phenoxy) is 2. The van der Waals surface area contributed by atoms with E-state index < -0.39 is 15.8 Å². The third-order valence-electron chi connectivity index (χ3n) is 3.97. The average molecular weight is 397 g/mol. The Morgan fingerprint density at radius 1 is 1.26 bits per heavy atom. The second-order valence-electron chi connectivity index (χ2n) is 5.87. The van der Waals surface area contributed by atoms with E-state index >= 15 is 0 Å². The zero-order chi connectivity index (χ0) is 19.4. The van der Waals surface area contributed by atoms with Crippen molar-refractivity contribution >= 4 is 16.0 Å². The van der Waals surface area contributed by atoms with Crippen LogP contribution in [-0.2, 0) is 21.3 Å². The highest BCUT2D eigenvalue weighted by Gasteiger charge is 2.20. The molecule has 11 heteroatoms. The predicted molar refractivity (Wildman–Crippen MR) is 94.6 cm³/mol. The molecule has 0 saturated carbocycles. The van der Waals surface area contributed by atoms with Gasteiger partial charge in [-0.1, -0.05) is 0 Å². The summed E-state index contributed by atoms with van der Waals surface area (Å²) in [5.41, 5.74) is 0.310. The fourth-order valence-corrected chi connectivity index (χ4v) is 3.82. The van der Waals surface area contributed by atoms with Crippen molar-refractivity contribution in [1.29, 1.82) is 0 Å². The van der Waals surface area contributed by atoms with E-state index in [1.807, 2.05) is 4.90 Å². The van der Waals surface area contributed by atoms with Crippen LogP contribution in [0.3, 0.4) is 0 Å². The van der Waals surface area contributed by atoms with E-state index in [1.165, 1.54) is 20.1 Å². The van der Waals surface area contributed by atoms with Crippen molar-refractivity contribution in [3.63, 3.8) is 0 Å². The highest BCUT2D eigenvalue weighted by molar-refractivity contribution is 7.89. The normalized spacial score (nSPS) is 15.0. The number of hydrogen-bond acceptors (Lipinski definition) is 8. The van der Waals surface area contributed by atoms with Gasteiger partial charge in [-0.3, -0.25) is 0 Å². The molecule has 0 aliphatic carbocycles. The van der Waals surface area contributed by atoms with Crippen LogP contribution in [0.15, 0.2) is 23.1 Å². The Balaban J connectivity index is 1.80. The summed E-state index contributed by atoms with van der Waals surface area (Å²) in [6, 6.07) is 3.58. The molecule has 1 aliphatic heterocycles. The molecule has 3 rings (SSSR count). The lowest BCUT2D eigenvalue weighted by molar-refractivity contribution is 0.122.